The summed E-state index contributed by atoms with van der Waals surface area (Å²) in [5.74, 6) is 1.12. The first-order valence-corrected chi connectivity index (χ1v) is 8.19. The number of anilines is 2. The molecule has 3 rings (SSSR count). The van der Waals surface area contributed by atoms with Gasteiger partial charge in [0.25, 0.3) is 0 Å². The first kappa shape index (κ1) is 14.9. The molecule has 0 bridgehead atoms. The Morgan fingerprint density at radius 2 is 2.00 bits per heavy atom. The number of aromatic nitrogens is 1. The van der Waals surface area contributed by atoms with E-state index in [4.69, 9.17) is 0 Å². The Bertz CT molecular complexity index is 644. The third kappa shape index (κ3) is 2.95. The molecular formula is C17H19N3OS. The first-order valence-electron chi connectivity index (χ1n) is 7.38. The van der Waals surface area contributed by atoms with Crippen molar-refractivity contribution in [2.24, 2.45) is 0 Å². The molecule has 5 heteroatoms. The summed E-state index contributed by atoms with van der Waals surface area (Å²) in [7, 11) is 1.84. The van der Waals surface area contributed by atoms with Crippen molar-refractivity contribution in [1.29, 1.82) is 0 Å². The molecule has 1 aromatic heterocycles. The van der Waals surface area contributed by atoms with Crippen molar-refractivity contribution in [3.05, 3.63) is 42.6 Å². The lowest BCUT2D eigenvalue weighted by Crippen LogP contribution is -2.29. The van der Waals surface area contributed by atoms with E-state index in [1.54, 1.807) is 23.6 Å². The van der Waals surface area contributed by atoms with E-state index >= 15 is 0 Å². The van der Waals surface area contributed by atoms with Gasteiger partial charge in [0.1, 0.15) is 5.82 Å². The normalized spacial score (nSPS) is 12.5. The summed E-state index contributed by atoms with van der Waals surface area (Å²) >= 11 is 1.76. The van der Waals surface area contributed by atoms with Gasteiger partial charge in [0, 0.05) is 38.2 Å². The first-order chi connectivity index (χ1) is 10.7. The Labute approximate surface area is 135 Å². The molecule has 0 radical (unpaired) electrons. The molecule has 0 aliphatic carbocycles. The lowest BCUT2D eigenvalue weighted by atomic mass is 10.2. The summed E-state index contributed by atoms with van der Waals surface area (Å²) in [5, 5.41) is 0. The van der Waals surface area contributed by atoms with E-state index in [-0.39, 0.29) is 5.91 Å². The van der Waals surface area contributed by atoms with Crippen molar-refractivity contribution >= 4 is 29.2 Å². The number of pyridine rings is 1. The molecule has 2 heterocycles. The second-order valence-electron chi connectivity index (χ2n) is 5.34. The molecule has 0 N–H and O–H groups in total. The zero-order chi connectivity index (χ0) is 15.5. The van der Waals surface area contributed by atoms with E-state index < -0.39 is 0 Å². The van der Waals surface area contributed by atoms with Gasteiger partial charge in [-0.1, -0.05) is 23.9 Å². The molecule has 0 saturated carbocycles. The molecule has 0 unspecified atom stereocenters. The van der Waals surface area contributed by atoms with E-state index in [2.05, 4.69) is 40.2 Å². The van der Waals surface area contributed by atoms with Crippen molar-refractivity contribution in [3.8, 4) is 0 Å². The number of para-hydroxylation sites is 1. The number of carbonyl (C=O) groups excluding carboxylic acids is 1. The maximum atomic E-state index is 11.3. The Hall–Kier alpha value is -2.01. The Kier molecular flexibility index (Phi) is 4.34. The monoisotopic (exact) mass is 313 g/mol. The number of fused-ring (bicyclic) bond motifs is 2. The van der Waals surface area contributed by atoms with Crippen LogP contribution in [-0.4, -0.2) is 35.9 Å². The molecule has 1 aromatic carbocycles. The minimum absolute atomic E-state index is 0.105. The van der Waals surface area contributed by atoms with Crippen LogP contribution in [0.3, 0.4) is 0 Å². The zero-order valence-electron chi connectivity index (χ0n) is 12.8. The van der Waals surface area contributed by atoms with E-state index in [9.17, 15) is 4.79 Å². The summed E-state index contributed by atoms with van der Waals surface area (Å²) in [6.07, 6.45) is 2.74. The predicted octanol–water partition coefficient (Wildman–Crippen LogP) is 3.55. The maximum Gasteiger partial charge on any atom is 0.219 e. The molecule has 1 aliphatic rings. The minimum Gasteiger partial charge on any atom is -0.346 e. The molecule has 22 heavy (non-hydrogen) atoms. The fraction of sp³-hybridized carbons (Fsp3) is 0.294. The summed E-state index contributed by atoms with van der Waals surface area (Å²) in [4.78, 5) is 22.3. The third-order valence-corrected chi connectivity index (χ3v) is 4.90. The number of carbonyl (C=O) groups is 1. The van der Waals surface area contributed by atoms with Crippen LogP contribution in [0.4, 0.5) is 11.5 Å². The minimum atomic E-state index is 0.105. The highest BCUT2D eigenvalue weighted by atomic mass is 32.2. The SMILES string of the molecule is CC(=O)N(C)CCCN1c2ccccc2Sc2cccnc21. The number of amides is 1. The van der Waals surface area contributed by atoms with Crippen LogP contribution < -0.4 is 4.90 Å². The van der Waals surface area contributed by atoms with Gasteiger partial charge in [-0.2, -0.15) is 0 Å². The van der Waals surface area contributed by atoms with Crippen molar-refractivity contribution in [2.45, 2.75) is 23.1 Å². The van der Waals surface area contributed by atoms with Crippen LogP contribution in [0.2, 0.25) is 0 Å². The van der Waals surface area contributed by atoms with Crippen LogP contribution in [0.15, 0.2) is 52.4 Å². The van der Waals surface area contributed by atoms with Gasteiger partial charge in [-0.15, -0.1) is 0 Å². The van der Waals surface area contributed by atoms with E-state index in [0.717, 1.165) is 25.3 Å². The number of hydrogen-bond acceptors (Lipinski definition) is 4. The molecule has 1 amide bonds. The van der Waals surface area contributed by atoms with Crippen LogP contribution in [0.25, 0.3) is 0 Å². The Balaban J connectivity index is 1.82. The van der Waals surface area contributed by atoms with Gasteiger partial charge >= 0.3 is 0 Å². The maximum absolute atomic E-state index is 11.3. The molecule has 1 aliphatic heterocycles. The number of rotatable bonds is 4. The van der Waals surface area contributed by atoms with Crippen LogP contribution in [-0.2, 0) is 4.79 Å². The van der Waals surface area contributed by atoms with Gasteiger partial charge < -0.3 is 9.80 Å². The van der Waals surface area contributed by atoms with Gasteiger partial charge in [-0.3, -0.25) is 4.79 Å². The van der Waals surface area contributed by atoms with Crippen LogP contribution in [0.5, 0.6) is 0 Å². The Morgan fingerprint density at radius 1 is 1.23 bits per heavy atom. The highest BCUT2D eigenvalue weighted by Crippen LogP contribution is 2.46. The molecule has 2 aromatic rings. The fourth-order valence-electron chi connectivity index (χ4n) is 2.51. The third-order valence-electron chi connectivity index (χ3n) is 3.80. The van der Waals surface area contributed by atoms with Crippen LogP contribution in [0, 0.1) is 0 Å². The second kappa shape index (κ2) is 6.40. The van der Waals surface area contributed by atoms with Crippen molar-refractivity contribution in [2.75, 3.05) is 25.0 Å². The van der Waals surface area contributed by atoms with Gasteiger partial charge in [-0.25, -0.2) is 4.98 Å². The number of nitrogens with zero attached hydrogens (tertiary/aromatic N) is 3. The molecule has 0 atom stereocenters. The van der Waals surface area contributed by atoms with E-state index in [0.29, 0.717) is 0 Å². The lowest BCUT2D eigenvalue weighted by Gasteiger charge is -2.31. The highest BCUT2D eigenvalue weighted by Gasteiger charge is 2.23. The molecule has 0 spiro atoms. The Morgan fingerprint density at radius 3 is 2.82 bits per heavy atom. The lowest BCUT2D eigenvalue weighted by molar-refractivity contribution is -0.127. The predicted molar refractivity (Wildman–Crippen MR) is 89.7 cm³/mol. The molecular weight excluding hydrogens is 294 g/mol. The van der Waals surface area contributed by atoms with Gasteiger partial charge in [-0.05, 0) is 30.7 Å². The summed E-state index contributed by atoms with van der Waals surface area (Å²) in [6.45, 7) is 3.20. The molecule has 114 valence electrons. The second-order valence-corrected chi connectivity index (χ2v) is 6.42. The average molecular weight is 313 g/mol. The van der Waals surface area contributed by atoms with Gasteiger partial charge in [0.2, 0.25) is 5.91 Å². The van der Waals surface area contributed by atoms with Crippen molar-refractivity contribution in [3.63, 3.8) is 0 Å². The standard InChI is InChI=1S/C17H19N3OS/c1-13(21)19(2)11-6-12-20-14-7-3-4-8-15(14)22-16-9-5-10-18-17(16)20/h3-5,7-10H,6,11-12H2,1-2H3. The van der Waals surface area contributed by atoms with Crippen molar-refractivity contribution in [1.82, 2.24) is 9.88 Å². The molecule has 0 fully saturated rings. The molecule has 4 nitrogen and oxygen atoms in total. The smallest absolute Gasteiger partial charge is 0.219 e. The largest absolute Gasteiger partial charge is 0.346 e. The average Bonchev–Trinajstić information content (AvgIpc) is 2.53. The summed E-state index contributed by atoms with van der Waals surface area (Å²) in [6, 6.07) is 12.5. The summed E-state index contributed by atoms with van der Waals surface area (Å²) < 4.78 is 0. The van der Waals surface area contributed by atoms with E-state index in [1.807, 2.05) is 19.3 Å². The summed E-state index contributed by atoms with van der Waals surface area (Å²) in [5.41, 5.74) is 1.20. The number of benzene rings is 1. The quantitative estimate of drug-likeness (QED) is 0.865. The van der Waals surface area contributed by atoms with Gasteiger partial charge in [0.15, 0.2) is 0 Å². The number of hydrogen-bond donors (Lipinski definition) is 0. The zero-order valence-corrected chi connectivity index (χ0v) is 13.6. The van der Waals surface area contributed by atoms with Crippen molar-refractivity contribution < 1.29 is 4.79 Å². The highest BCUT2D eigenvalue weighted by molar-refractivity contribution is 7.99. The van der Waals surface area contributed by atoms with E-state index in [1.165, 1.54) is 15.5 Å². The molecule has 0 saturated heterocycles. The topological polar surface area (TPSA) is 36.4 Å². The van der Waals surface area contributed by atoms with Gasteiger partial charge in [0.05, 0.1) is 10.6 Å². The van der Waals surface area contributed by atoms with Crippen LogP contribution in [0.1, 0.15) is 13.3 Å². The fourth-order valence-corrected chi connectivity index (χ4v) is 3.58. The van der Waals surface area contributed by atoms with Crippen LogP contribution >= 0.6 is 11.8 Å².